The van der Waals surface area contributed by atoms with Gasteiger partial charge < -0.3 is 9.88 Å². The van der Waals surface area contributed by atoms with E-state index in [1.807, 2.05) is 0 Å². The van der Waals surface area contributed by atoms with Crippen LogP contribution in [0, 0.1) is 0 Å². The summed E-state index contributed by atoms with van der Waals surface area (Å²) in [6.07, 6.45) is 16.4. The molecule has 0 spiro atoms. The molecule has 1 fully saturated rings. The molecule has 2 N–H and O–H groups in total. The summed E-state index contributed by atoms with van der Waals surface area (Å²) in [7, 11) is 0. The van der Waals surface area contributed by atoms with Crippen molar-refractivity contribution in [3.8, 4) is 0 Å². The first-order valence-electron chi connectivity index (χ1n) is 15.7. The highest BCUT2D eigenvalue weighted by Gasteiger charge is 2.48. The monoisotopic (exact) mass is 510 g/mol. The van der Waals surface area contributed by atoms with E-state index in [2.05, 4.69) is 92.2 Å². The van der Waals surface area contributed by atoms with E-state index < -0.39 is 0 Å². The van der Waals surface area contributed by atoms with Crippen LogP contribution >= 0.6 is 0 Å². The highest BCUT2D eigenvalue weighted by atomic mass is 15.6. The minimum atomic E-state index is 0.0274. The molecular formula is C33H58N4. The van der Waals surface area contributed by atoms with Crippen LogP contribution in [0.4, 0.5) is 0 Å². The van der Waals surface area contributed by atoms with Crippen molar-refractivity contribution in [1.29, 1.82) is 0 Å². The molecule has 4 nitrogen and oxygen atoms in total. The Hall–Kier alpha value is -1.36. The van der Waals surface area contributed by atoms with E-state index in [9.17, 15) is 0 Å². The Labute approximate surface area is 228 Å². The molecule has 210 valence electrons. The lowest BCUT2D eigenvalue weighted by Crippen LogP contribution is -2.67. The van der Waals surface area contributed by atoms with Gasteiger partial charge in [-0.25, -0.2) is 5.01 Å². The molecule has 1 aliphatic heterocycles. The second-order valence-corrected chi connectivity index (χ2v) is 12.6. The van der Waals surface area contributed by atoms with Crippen LogP contribution in [0.5, 0.6) is 0 Å². The van der Waals surface area contributed by atoms with E-state index in [-0.39, 0.29) is 11.1 Å². The van der Waals surface area contributed by atoms with Gasteiger partial charge in [0.1, 0.15) is 0 Å². The highest BCUT2D eigenvalue weighted by molar-refractivity contribution is 5.81. The minimum Gasteiger partial charge on any atom is -0.345 e. The summed E-state index contributed by atoms with van der Waals surface area (Å²) in [5, 5.41) is 7.65. The van der Waals surface area contributed by atoms with E-state index in [0.717, 1.165) is 26.2 Å². The average Bonchev–Trinajstić information content (AvgIpc) is 3.23. The second kappa shape index (κ2) is 14.7. The number of para-hydroxylation sites is 1. The van der Waals surface area contributed by atoms with Crippen molar-refractivity contribution in [2.45, 2.75) is 142 Å². The third-order valence-electron chi connectivity index (χ3n) is 8.87. The van der Waals surface area contributed by atoms with Gasteiger partial charge in [0.2, 0.25) is 0 Å². The fourth-order valence-electron chi connectivity index (χ4n) is 6.82. The van der Waals surface area contributed by atoms with Gasteiger partial charge in [-0.05, 0) is 77.9 Å². The van der Waals surface area contributed by atoms with Gasteiger partial charge in [-0.3, -0.25) is 5.43 Å². The zero-order chi connectivity index (χ0) is 26.7. The van der Waals surface area contributed by atoms with Crippen LogP contribution in [0.15, 0.2) is 30.3 Å². The fraction of sp³-hybridized carbons (Fsp3) is 0.758. The van der Waals surface area contributed by atoms with E-state index in [4.69, 9.17) is 0 Å². The number of aromatic nitrogens is 1. The largest absolute Gasteiger partial charge is 0.345 e. The Kier molecular flexibility index (Phi) is 12.0. The Morgan fingerprint density at radius 2 is 1.46 bits per heavy atom. The number of hydrogen-bond acceptors (Lipinski definition) is 3. The van der Waals surface area contributed by atoms with Gasteiger partial charge in [0.05, 0.1) is 0 Å². The predicted octanol–water partition coefficient (Wildman–Crippen LogP) is 8.41. The van der Waals surface area contributed by atoms with Crippen molar-refractivity contribution in [1.82, 2.24) is 20.3 Å². The Bertz CT molecular complexity index is 912. The van der Waals surface area contributed by atoms with Gasteiger partial charge >= 0.3 is 0 Å². The van der Waals surface area contributed by atoms with E-state index in [1.165, 1.54) is 93.6 Å². The molecule has 0 aliphatic carbocycles. The zero-order valence-electron chi connectivity index (χ0n) is 25.2. The first kappa shape index (κ1) is 30.2. The number of hydrogen-bond donors (Lipinski definition) is 2. The topological polar surface area (TPSA) is 32.2 Å². The number of nitrogens with one attached hydrogen (secondary N) is 2. The molecule has 3 rings (SSSR count). The summed E-state index contributed by atoms with van der Waals surface area (Å²) in [4.78, 5) is 0. The van der Waals surface area contributed by atoms with Crippen LogP contribution in [0.1, 0.15) is 130 Å². The van der Waals surface area contributed by atoms with Gasteiger partial charge in [-0.15, -0.1) is 0 Å². The predicted molar refractivity (Wildman–Crippen MR) is 162 cm³/mol. The van der Waals surface area contributed by atoms with Crippen molar-refractivity contribution in [3.63, 3.8) is 0 Å². The first-order valence-corrected chi connectivity index (χ1v) is 15.7. The van der Waals surface area contributed by atoms with Crippen molar-refractivity contribution in [2.75, 3.05) is 19.6 Å². The molecule has 1 aromatic heterocycles. The van der Waals surface area contributed by atoms with E-state index in [1.54, 1.807) is 0 Å². The molecule has 1 aromatic carbocycles. The number of hydrazine groups is 1. The maximum atomic E-state index is 3.87. The minimum absolute atomic E-state index is 0.0274. The van der Waals surface area contributed by atoms with Crippen LogP contribution in [0.3, 0.4) is 0 Å². The number of unbranched alkanes of at least 4 members (excludes halogenated alkanes) is 9. The molecular weight excluding hydrogens is 452 g/mol. The quantitative estimate of drug-likeness (QED) is 0.209. The number of fused-ring (bicyclic) bond motifs is 1. The van der Waals surface area contributed by atoms with Crippen LogP contribution in [-0.2, 0) is 6.54 Å². The van der Waals surface area contributed by atoms with Gasteiger partial charge in [-0.1, -0.05) is 82.9 Å². The van der Waals surface area contributed by atoms with Crippen molar-refractivity contribution in [3.05, 3.63) is 36.0 Å². The molecule has 0 bridgehead atoms. The number of rotatable bonds is 17. The number of aryl methyl sites for hydroxylation is 1. The molecule has 2 aromatic rings. The molecule has 0 amide bonds. The third kappa shape index (κ3) is 8.07. The maximum Gasteiger partial charge on any atom is 0.0482 e. The Morgan fingerprint density at radius 1 is 0.811 bits per heavy atom. The third-order valence-corrected chi connectivity index (χ3v) is 8.87. The summed E-state index contributed by atoms with van der Waals surface area (Å²) in [6, 6.07) is 11.3. The van der Waals surface area contributed by atoms with Crippen molar-refractivity contribution in [2.24, 2.45) is 0 Å². The van der Waals surface area contributed by atoms with Crippen LogP contribution < -0.4 is 10.7 Å². The average molecular weight is 511 g/mol. The fourth-order valence-corrected chi connectivity index (χ4v) is 6.82. The molecule has 0 radical (unpaired) electrons. The second-order valence-electron chi connectivity index (χ2n) is 12.6. The van der Waals surface area contributed by atoms with Gasteiger partial charge in [-0.2, -0.15) is 0 Å². The van der Waals surface area contributed by atoms with Crippen LogP contribution in [-0.4, -0.2) is 40.3 Å². The Morgan fingerprint density at radius 3 is 2.14 bits per heavy atom. The SMILES string of the molecule is CCCCCCCCCCCCNCCNN1C(C)(C)CCC(c2cc3ccccc3n2CC)C1(C)C. The molecule has 1 unspecified atom stereocenters. The lowest BCUT2D eigenvalue weighted by atomic mass is 9.72. The maximum absolute atomic E-state index is 3.87. The molecule has 1 aliphatic rings. The molecule has 4 heteroatoms. The van der Waals surface area contributed by atoms with E-state index >= 15 is 0 Å². The van der Waals surface area contributed by atoms with Crippen LogP contribution in [0.25, 0.3) is 10.9 Å². The van der Waals surface area contributed by atoms with Gasteiger partial charge in [0, 0.05) is 47.8 Å². The number of benzene rings is 1. The van der Waals surface area contributed by atoms with Gasteiger partial charge in [0.25, 0.3) is 0 Å². The number of piperidine rings is 1. The molecule has 0 saturated carbocycles. The molecule has 1 saturated heterocycles. The molecule has 2 heterocycles. The van der Waals surface area contributed by atoms with Crippen molar-refractivity contribution < 1.29 is 0 Å². The summed E-state index contributed by atoms with van der Waals surface area (Å²) in [5.74, 6) is 0.500. The Balaban J connectivity index is 1.43. The first-order chi connectivity index (χ1) is 17.8. The molecule has 37 heavy (non-hydrogen) atoms. The standard InChI is InChI=1S/C33H58N4/c1-7-9-10-11-12-13-14-15-16-19-24-34-25-26-35-37-32(3,4)23-22-29(33(37,5)6)31-27-28-20-17-18-21-30(28)36(31)8-2/h17-18,20-21,27,29,34-35H,7-16,19,22-26H2,1-6H3. The van der Waals surface area contributed by atoms with E-state index in [0.29, 0.717) is 5.92 Å². The summed E-state index contributed by atoms with van der Waals surface area (Å²) in [6.45, 7) is 18.5. The lowest BCUT2D eigenvalue weighted by Gasteiger charge is -2.56. The summed E-state index contributed by atoms with van der Waals surface area (Å²) in [5.41, 5.74) is 6.91. The highest BCUT2D eigenvalue weighted by Crippen LogP contribution is 2.46. The summed E-state index contributed by atoms with van der Waals surface area (Å²) < 4.78 is 2.55. The number of nitrogens with zero attached hydrogens (tertiary/aromatic N) is 2. The van der Waals surface area contributed by atoms with Gasteiger partial charge in [0.15, 0.2) is 0 Å². The normalized spacial score (nSPS) is 19.6. The molecule has 1 atom stereocenters. The van der Waals surface area contributed by atoms with Crippen LogP contribution in [0.2, 0.25) is 0 Å². The smallest absolute Gasteiger partial charge is 0.0482 e. The van der Waals surface area contributed by atoms with Crippen molar-refractivity contribution >= 4 is 10.9 Å². The lowest BCUT2D eigenvalue weighted by molar-refractivity contribution is -0.0835. The summed E-state index contributed by atoms with van der Waals surface area (Å²) >= 11 is 0. The zero-order valence-corrected chi connectivity index (χ0v) is 25.2.